The van der Waals surface area contributed by atoms with Crippen LogP contribution in [0.2, 0.25) is 15.1 Å². The molecule has 134 valence electrons. The second-order valence-corrected chi connectivity index (χ2v) is 6.66. The van der Waals surface area contributed by atoms with E-state index in [2.05, 4.69) is 5.32 Å². The van der Waals surface area contributed by atoms with Gasteiger partial charge in [-0.15, -0.1) is 0 Å². The van der Waals surface area contributed by atoms with E-state index in [-0.39, 0.29) is 10.6 Å². The topological polar surface area (TPSA) is 66.0 Å². The third-order valence-electron chi connectivity index (χ3n) is 3.61. The summed E-state index contributed by atoms with van der Waals surface area (Å²) >= 11 is 17.9. The van der Waals surface area contributed by atoms with E-state index in [0.717, 1.165) is 5.56 Å². The van der Waals surface area contributed by atoms with Crippen LogP contribution in [0.3, 0.4) is 0 Å². The minimum atomic E-state index is -0.619. The van der Waals surface area contributed by atoms with Gasteiger partial charge in [0, 0.05) is 16.7 Å². The van der Waals surface area contributed by atoms with E-state index in [1.807, 2.05) is 18.2 Å². The van der Waals surface area contributed by atoms with Crippen LogP contribution in [0, 0.1) is 11.3 Å². The number of nitrogens with zero attached hydrogens (tertiary/aromatic N) is 1. The number of nitriles is 1. The molecule has 0 saturated carbocycles. The Morgan fingerprint density at radius 3 is 2.48 bits per heavy atom. The Kier molecular flexibility index (Phi) is 5.88. The Balaban J connectivity index is 1.82. The Morgan fingerprint density at radius 1 is 1.04 bits per heavy atom. The summed E-state index contributed by atoms with van der Waals surface area (Å²) < 4.78 is 5.69. The van der Waals surface area contributed by atoms with Crippen molar-refractivity contribution in [1.82, 2.24) is 0 Å². The van der Waals surface area contributed by atoms with Crippen LogP contribution >= 0.6 is 34.8 Å². The molecule has 2 aromatic carbocycles. The summed E-state index contributed by atoms with van der Waals surface area (Å²) in [6, 6.07) is 17.2. The number of furan rings is 1. The lowest BCUT2D eigenvalue weighted by molar-refractivity contribution is -0.112. The molecule has 0 saturated heterocycles. The zero-order chi connectivity index (χ0) is 19.4. The average molecular weight is 418 g/mol. The van der Waals surface area contributed by atoms with E-state index in [9.17, 15) is 10.1 Å². The molecule has 0 aliphatic heterocycles. The number of carbonyl (C=O) groups is 1. The van der Waals surface area contributed by atoms with Gasteiger partial charge in [-0.1, -0.05) is 40.9 Å². The zero-order valence-electron chi connectivity index (χ0n) is 13.7. The summed E-state index contributed by atoms with van der Waals surface area (Å²) in [6.07, 6.45) is 1.35. The average Bonchev–Trinajstić information content (AvgIpc) is 3.12. The maximum Gasteiger partial charge on any atom is 0.266 e. The Morgan fingerprint density at radius 2 is 1.78 bits per heavy atom. The normalized spacial score (nSPS) is 11.1. The molecule has 3 aromatic rings. The number of hydrogen-bond acceptors (Lipinski definition) is 3. The number of rotatable bonds is 4. The second kappa shape index (κ2) is 8.32. The fourth-order valence-electron chi connectivity index (χ4n) is 2.28. The van der Waals surface area contributed by atoms with Crippen LogP contribution in [0.4, 0.5) is 5.69 Å². The molecule has 1 amide bonds. The second-order valence-electron chi connectivity index (χ2n) is 5.43. The predicted octanol–water partition coefficient (Wildman–Crippen LogP) is 6.45. The van der Waals surface area contributed by atoms with Crippen molar-refractivity contribution in [1.29, 1.82) is 5.26 Å². The van der Waals surface area contributed by atoms with E-state index in [4.69, 9.17) is 39.2 Å². The molecule has 1 aromatic heterocycles. The highest BCUT2D eigenvalue weighted by atomic mass is 35.5. The standard InChI is InChI=1S/C20H11Cl3N2O2/c21-14-6-4-12(5-7-14)18-9-8-15(27-18)10-13(11-24)20(26)25-17-3-1-2-16(22)19(17)23/h1-10H,(H,25,26)/b13-10+. The van der Waals surface area contributed by atoms with Crippen molar-refractivity contribution >= 4 is 52.5 Å². The molecule has 0 atom stereocenters. The first kappa shape index (κ1) is 19.1. The van der Waals surface area contributed by atoms with Gasteiger partial charge in [0.2, 0.25) is 0 Å². The number of carbonyl (C=O) groups excluding carboxylic acids is 1. The molecule has 0 bridgehead atoms. The molecule has 0 unspecified atom stereocenters. The molecule has 7 heteroatoms. The van der Waals surface area contributed by atoms with Crippen molar-refractivity contribution in [2.45, 2.75) is 0 Å². The lowest BCUT2D eigenvalue weighted by Crippen LogP contribution is -2.13. The monoisotopic (exact) mass is 416 g/mol. The summed E-state index contributed by atoms with van der Waals surface area (Å²) in [6.45, 7) is 0. The van der Waals surface area contributed by atoms with Crippen LogP contribution in [0.25, 0.3) is 17.4 Å². The fourth-order valence-corrected chi connectivity index (χ4v) is 2.75. The minimum Gasteiger partial charge on any atom is -0.457 e. The van der Waals surface area contributed by atoms with Crippen molar-refractivity contribution < 1.29 is 9.21 Å². The van der Waals surface area contributed by atoms with Gasteiger partial charge in [-0.3, -0.25) is 4.79 Å². The van der Waals surface area contributed by atoms with E-state index in [0.29, 0.717) is 27.3 Å². The van der Waals surface area contributed by atoms with Gasteiger partial charge in [0.1, 0.15) is 23.2 Å². The Hall–Kier alpha value is -2.71. The first-order chi connectivity index (χ1) is 13.0. The number of halogens is 3. The highest BCUT2D eigenvalue weighted by molar-refractivity contribution is 6.44. The van der Waals surface area contributed by atoms with Gasteiger partial charge < -0.3 is 9.73 Å². The van der Waals surface area contributed by atoms with E-state index >= 15 is 0 Å². The SMILES string of the molecule is N#C/C(=C\c1ccc(-c2ccc(Cl)cc2)o1)C(=O)Nc1cccc(Cl)c1Cl. The molecule has 4 nitrogen and oxygen atoms in total. The maximum absolute atomic E-state index is 12.4. The van der Waals surface area contributed by atoms with Gasteiger partial charge in [-0.2, -0.15) is 5.26 Å². The van der Waals surface area contributed by atoms with Crippen molar-refractivity contribution in [2.75, 3.05) is 5.32 Å². The van der Waals surface area contributed by atoms with Gasteiger partial charge in [0.25, 0.3) is 5.91 Å². The molecule has 0 fully saturated rings. The van der Waals surface area contributed by atoms with Gasteiger partial charge in [0.05, 0.1) is 15.7 Å². The molecule has 0 spiro atoms. The smallest absolute Gasteiger partial charge is 0.266 e. The van der Waals surface area contributed by atoms with Crippen LogP contribution < -0.4 is 5.32 Å². The molecular weight excluding hydrogens is 407 g/mol. The summed E-state index contributed by atoms with van der Waals surface area (Å²) in [5.41, 5.74) is 1.01. The van der Waals surface area contributed by atoms with E-state index in [1.165, 1.54) is 6.08 Å². The van der Waals surface area contributed by atoms with Crippen molar-refractivity contribution in [2.24, 2.45) is 0 Å². The number of amides is 1. The van der Waals surface area contributed by atoms with Crippen LogP contribution in [0.5, 0.6) is 0 Å². The maximum atomic E-state index is 12.4. The predicted molar refractivity (Wildman–Crippen MR) is 108 cm³/mol. The number of hydrogen-bond donors (Lipinski definition) is 1. The summed E-state index contributed by atoms with van der Waals surface area (Å²) in [7, 11) is 0. The molecule has 0 radical (unpaired) electrons. The molecule has 0 aliphatic rings. The quantitative estimate of drug-likeness (QED) is 0.392. The van der Waals surface area contributed by atoms with Crippen LogP contribution in [-0.2, 0) is 4.79 Å². The molecule has 27 heavy (non-hydrogen) atoms. The van der Waals surface area contributed by atoms with Crippen molar-refractivity contribution in [3.8, 4) is 17.4 Å². The van der Waals surface area contributed by atoms with E-state index < -0.39 is 5.91 Å². The lowest BCUT2D eigenvalue weighted by atomic mass is 10.2. The van der Waals surface area contributed by atoms with Crippen LogP contribution in [0.15, 0.2) is 64.6 Å². The highest BCUT2D eigenvalue weighted by Gasteiger charge is 2.14. The minimum absolute atomic E-state index is 0.136. The van der Waals surface area contributed by atoms with E-state index in [1.54, 1.807) is 42.5 Å². The molecule has 1 heterocycles. The molecule has 3 rings (SSSR count). The molecule has 0 aliphatic carbocycles. The first-order valence-corrected chi connectivity index (χ1v) is 8.84. The van der Waals surface area contributed by atoms with Gasteiger partial charge in [-0.05, 0) is 48.5 Å². The molecule has 1 N–H and O–H groups in total. The first-order valence-electron chi connectivity index (χ1n) is 7.71. The third-order valence-corrected chi connectivity index (χ3v) is 4.68. The Bertz CT molecular complexity index is 1060. The van der Waals surface area contributed by atoms with Crippen LogP contribution in [-0.4, -0.2) is 5.91 Å². The summed E-state index contributed by atoms with van der Waals surface area (Å²) in [5, 5.41) is 13.0. The van der Waals surface area contributed by atoms with Crippen LogP contribution in [0.1, 0.15) is 5.76 Å². The Labute approximate surface area is 170 Å². The fraction of sp³-hybridized carbons (Fsp3) is 0. The number of benzene rings is 2. The third kappa shape index (κ3) is 4.53. The summed E-state index contributed by atoms with van der Waals surface area (Å²) in [5.74, 6) is 0.337. The van der Waals surface area contributed by atoms with Gasteiger partial charge in [-0.25, -0.2) is 0 Å². The van der Waals surface area contributed by atoms with Gasteiger partial charge in [0.15, 0.2) is 0 Å². The van der Waals surface area contributed by atoms with Gasteiger partial charge >= 0.3 is 0 Å². The number of anilines is 1. The van der Waals surface area contributed by atoms with Crippen molar-refractivity contribution in [3.05, 3.63) is 81.0 Å². The number of nitrogens with one attached hydrogen (secondary N) is 1. The summed E-state index contributed by atoms with van der Waals surface area (Å²) in [4.78, 5) is 12.4. The molecular formula is C20H11Cl3N2O2. The highest BCUT2D eigenvalue weighted by Crippen LogP contribution is 2.30. The zero-order valence-corrected chi connectivity index (χ0v) is 15.9. The largest absolute Gasteiger partial charge is 0.457 e. The van der Waals surface area contributed by atoms with Crippen molar-refractivity contribution in [3.63, 3.8) is 0 Å². The lowest BCUT2D eigenvalue weighted by Gasteiger charge is -2.07.